The number of hydrogen-bond donors (Lipinski definition) is 1. The smallest absolute Gasteiger partial charge is 0.0761 e. The normalized spacial score (nSPS) is 13.8. The van der Waals surface area contributed by atoms with Crippen molar-refractivity contribution in [2.75, 3.05) is 43.3 Å². The molecule has 0 aliphatic carbocycles. The lowest BCUT2D eigenvalue weighted by Gasteiger charge is -2.22. The van der Waals surface area contributed by atoms with Crippen molar-refractivity contribution in [3.8, 4) is 0 Å². The fraction of sp³-hybridized carbons (Fsp3) is 0.364. The molecule has 2 aromatic carbocycles. The van der Waals surface area contributed by atoms with E-state index >= 15 is 0 Å². The van der Waals surface area contributed by atoms with Crippen LogP contribution in [0.2, 0.25) is 5.02 Å². The summed E-state index contributed by atoms with van der Waals surface area (Å²) in [5.74, 6) is 0. The van der Waals surface area contributed by atoms with Crippen molar-refractivity contribution in [3.63, 3.8) is 0 Å². The fourth-order valence-corrected chi connectivity index (χ4v) is 3.56. The topological polar surface area (TPSA) is 27.7 Å². The van der Waals surface area contributed by atoms with E-state index < -0.39 is 0 Å². The zero-order valence-corrected chi connectivity index (χ0v) is 16.9. The van der Waals surface area contributed by atoms with Crippen LogP contribution in [0.25, 0.3) is 0 Å². The SMILES string of the molecule is CCOCCCC1=C(CN(C)c2ccccc2)CN(c2ccccc2Cl)N1. The molecular weight excluding hydrogens is 358 g/mol. The van der Waals surface area contributed by atoms with Crippen LogP contribution in [-0.2, 0) is 4.74 Å². The Morgan fingerprint density at radius 1 is 1.11 bits per heavy atom. The fourth-order valence-electron chi connectivity index (χ4n) is 3.32. The van der Waals surface area contributed by atoms with Gasteiger partial charge in [0.2, 0.25) is 0 Å². The molecule has 0 spiro atoms. The number of allylic oxidation sites excluding steroid dienone is 1. The standard InChI is InChI=1S/C22H28ClN3O/c1-3-27-15-9-13-21-18(16-25(2)19-10-5-4-6-11-19)17-26(24-21)22-14-8-7-12-20(22)23/h4-8,10-12,14,24H,3,9,13,15-17H2,1-2H3. The van der Waals surface area contributed by atoms with E-state index in [2.05, 4.69) is 52.7 Å². The second kappa shape index (κ2) is 9.67. The van der Waals surface area contributed by atoms with Crippen molar-refractivity contribution in [3.05, 3.63) is 70.9 Å². The number of benzene rings is 2. The highest BCUT2D eigenvalue weighted by Crippen LogP contribution is 2.29. The summed E-state index contributed by atoms with van der Waals surface area (Å²) < 4.78 is 5.51. The van der Waals surface area contributed by atoms with Crippen LogP contribution in [-0.4, -0.2) is 33.4 Å². The Balaban J connectivity index is 1.73. The van der Waals surface area contributed by atoms with Crippen molar-refractivity contribution in [2.45, 2.75) is 19.8 Å². The second-order valence-corrected chi connectivity index (χ2v) is 7.13. The lowest BCUT2D eigenvalue weighted by Crippen LogP contribution is -2.32. The van der Waals surface area contributed by atoms with Crippen molar-refractivity contribution in [1.82, 2.24) is 5.43 Å². The van der Waals surface area contributed by atoms with Gasteiger partial charge in [-0.2, -0.15) is 0 Å². The molecule has 0 unspecified atom stereocenters. The highest BCUT2D eigenvalue weighted by Gasteiger charge is 2.23. The van der Waals surface area contributed by atoms with Gasteiger partial charge < -0.3 is 15.1 Å². The summed E-state index contributed by atoms with van der Waals surface area (Å²) in [5.41, 5.74) is 8.47. The number of ether oxygens (including phenoxy) is 1. The third-order valence-electron chi connectivity index (χ3n) is 4.73. The number of para-hydroxylation sites is 2. The molecule has 0 atom stereocenters. The van der Waals surface area contributed by atoms with Crippen LogP contribution < -0.4 is 15.3 Å². The Labute approximate surface area is 167 Å². The van der Waals surface area contributed by atoms with Gasteiger partial charge in [-0.25, -0.2) is 0 Å². The molecule has 0 fully saturated rings. The number of halogens is 1. The van der Waals surface area contributed by atoms with E-state index in [1.807, 2.05) is 31.2 Å². The maximum Gasteiger partial charge on any atom is 0.0761 e. The summed E-state index contributed by atoms with van der Waals surface area (Å²) in [6.07, 6.45) is 1.98. The molecule has 3 rings (SSSR count). The largest absolute Gasteiger partial charge is 0.382 e. The van der Waals surface area contributed by atoms with Gasteiger partial charge in [0.25, 0.3) is 0 Å². The zero-order valence-electron chi connectivity index (χ0n) is 16.1. The number of hydrogen-bond acceptors (Lipinski definition) is 4. The number of hydrazine groups is 1. The Hall–Kier alpha value is -2.17. The molecule has 27 heavy (non-hydrogen) atoms. The molecule has 4 nitrogen and oxygen atoms in total. The summed E-state index contributed by atoms with van der Waals surface area (Å²) in [6, 6.07) is 18.4. The lowest BCUT2D eigenvalue weighted by atomic mass is 10.1. The molecule has 0 aromatic heterocycles. The molecule has 0 radical (unpaired) electrons. The molecular formula is C22H28ClN3O. The first-order valence-corrected chi connectivity index (χ1v) is 9.90. The first-order valence-electron chi connectivity index (χ1n) is 9.52. The van der Waals surface area contributed by atoms with Gasteiger partial charge in [0, 0.05) is 38.2 Å². The van der Waals surface area contributed by atoms with Gasteiger partial charge in [-0.05, 0) is 49.6 Å². The van der Waals surface area contributed by atoms with E-state index in [0.29, 0.717) is 0 Å². The van der Waals surface area contributed by atoms with Crippen LogP contribution in [0.3, 0.4) is 0 Å². The molecule has 1 aliphatic rings. The molecule has 0 saturated carbocycles. The van der Waals surface area contributed by atoms with Gasteiger partial charge in [-0.1, -0.05) is 41.9 Å². The van der Waals surface area contributed by atoms with Crippen molar-refractivity contribution in [2.24, 2.45) is 0 Å². The van der Waals surface area contributed by atoms with Crippen LogP contribution in [0.4, 0.5) is 11.4 Å². The molecule has 1 heterocycles. The lowest BCUT2D eigenvalue weighted by molar-refractivity contribution is 0.145. The highest BCUT2D eigenvalue weighted by molar-refractivity contribution is 6.33. The van der Waals surface area contributed by atoms with Gasteiger partial charge in [0.05, 0.1) is 17.3 Å². The summed E-state index contributed by atoms with van der Waals surface area (Å²) in [5, 5.41) is 2.91. The van der Waals surface area contributed by atoms with Gasteiger partial charge in [-0.15, -0.1) is 0 Å². The summed E-state index contributed by atoms with van der Waals surface area (Å²) >= 11 is 6.42. The highest BCUT2D eigenvalue weighted by atomic mass is 35.5. The molecule has 0 amide bonds. The maximum absolute atomic E-state index is 6.42. The van der Waals surface area contributed by atoms with E-state index in [9.17, 15) is 0 Å². The molecule has 1 aliphatic heterocycles. The van der Waals surface area contributed by atoms with Gasteiger partial charge in [0.1, 0.15) is 0 Å². The van der Waals surface area contributed by atoms with Gasteiger partial charge >= 0.3 is 0 Å². The Morgan fingerprint density at radius 2 is 1.85 bits per heavy atom. The van der Waals surface area contributed by atoms with E-state index in [-0.39, 0.29) is 0 Å². The summed E-state index contributed by atoms with van der Waals surface area (Å²) in [4.78, 5) is 2.29. The minimum atomic E-state index is 0.760. The van der Waals surface area contributed by atoms with Crippen LogP contribution in [0, 0.1) is 0 Å². The van der Waals surface area contributed by atoms with Gasteiger partial charge in [-0.3, -0.25) is 5.01 Å². The monoisotopic (exact) mass is 385 g/mol. The summed E-state index contributed by atoms with van der Waals surface area (Å²) in [6.45, 7) is 5.29. The van der Waals surface area contributed by atoms with Crippen molar-refractivity contribution >= 4 is 23.0 Å². The minimum Gasteiger partial charge on any atom is -0.382 e. The van der Waals surface area contributed by atoms with Crippen LogP contribution in [0.15, 0.2) is 65.9 Å². The molecule has 0 bridgehead atoms. The molecule has 1 N–H and O–H groups in total. The first-order chi connectivity index (χ1) is 13.2. The van der Waals surface area contributed by atoms with E-state index in [4.69, 9.17) is 16.3 Å². The van der Waals surface area contributed by atoms with Crippen LogP contribution in [0.5, 0.6) is 0 Å². The van der Waals surface area contributed by atoms with Crippen molar-refractivity contribution < 1.29 is 4.74 Å². The number of anilines is 2. The Morgan fingerprint density at radius 3 is 2.59 bits per heavy atom. The first kappa shape index (κ1) is 19.6. The molecule has 5 heteroatoms. The summed E-state index contributed by atoms with van der Waals surface area (Å²) in [7, 11) is 2.14. The molecule has 144 valence electrons. The maximum atomic E-state index is 6.42. The second-order valence-electron chi connectivity index (χ2n) is 6.72. The quantitative estimate of drug-likeness (QED) is 0.623. The predicted molar refractivity (Wildman–Crippen MR) is 114 cm³/mol. The number of likely N-dealkylation sites (N-methyl/N-ethyl adjacent to an activating group) is 1. The van der Waals surface area contributed by atoms with E-state index in [1.54, 1.807) is 0 Å². The van der Waals surface area contributed by atoms with E-state index in [0.717, 1.165) is 49.9 Å². The third kappa shape index (κ3) is 5.18. The zero-order chi connectivity index (χ0) is 19.1. The number of nitrogens with one attached hydrogen (secondary N) is 1. The predicted octanol–water partition coefficient (Wildman–Crippen LogP) is 4.87. The van der Waals surface area contributed by atoms with Crippen LogP contribution >= 0.6 is 11.6 Å². The third-order valence-corrected chi connectivity index (χ3v) is 5.05. The van der Waals surface area contributed by atoms with E-state index in [1.165, 1.54) is 17.0 Å². The number of rotatable bonds is 9. The average Bonchev–Trinajstić information content (AvgIpc) is 3.08. The van der Waals surface area contributed by atoms with Gasteiger partial charge in [0.15, 0.2) is 0 Å². The van der Waals surface area contributed by atoms with Crippen LogP contribution in [0.1, 0.15) is 19.8 Å². The molecule has 2 aromatic rings. The van der Waals surface area contributed by atoms with Crippen molar-refractivity contribution in [1.29, 1.82) is 0 Å². The molecule has 0 saturated heterocycles. The minimum absolute atomic E-state index is 0.760. The average molecular weight is 386 g/mol. The number of nitrogens with zero attached hydrogens (tertiary/aromatic N) is 2. The Bertz CT molecular complexity index is 763. The Kier molecular flexibility index (Phi) is 7.02.